The van der Waals surface area contributed by atoms with E-state index in [1.165, 1.54) is 18.7 Å². The Hall–Kier alpha value is -2.93. The maximum absolute atomic E-state index is 12.9. The number of aliphatic hydroxyl groups is 2. The van der Waals surface area contributed by atoms with Crippen LogP contribution in [0.2, 0.25) is 0 Å². The Morgan fingerprint density at radius 2 is 1.41 bits per heavy atom. The van der Waals surface area contributed by atoms with Gasteiger partial charge in [0.1, 0.15) is 0 Å². The van der Waals surface area contributed by atoms with Crippen LogP contribution in [0.3, 0.4) is 0 Å². The number of likely N-dealkylation sites (tertiary alicyclic amines) is 2. The van der Waals surface area contributed by atoms with E-state index in [0.717, 1.165) is 0 Å². The number of hydrogen-bond donors (Lipinski definition) is 6. The maximum atomic E-state index is 12.9. The number of amides is 5. The Bertz CT molecular complexity index is 762. The molecule has 5 amide bonds. The molecule has 2 saturated heterocycles. The van der Waals surface area contributed by atoms with Crippen molar-refractivity contribution < 1.29 is 39.3 Å². The van der Waals surface area contributed by atoms with Gasteiger partial charge in [0.25, 0.3) is 5.91 Å². The van der Waals surface area contributed by atoms with Crippen molar-refractivity contribution in [2.45, 2.75) is 51.0 Å². The van der Waals surface area contributed by atoms with Gasteiger partial charge in [-0.3, -0.25) is 19.2 Å². The molecular weight excluding hydrogens is 426 g/mol. The quantitative estimate of drug-likeness (QED) is 0.222. The van der Waals surface area contributed by atoms with Crippen LogP contribution in [-0.2, 0) is 19.2 Å². The number of primary amides is 1. The van der Waals surface area contributed by atoms with Gasteiger partial charge in [-0.05, 0) is 26.7 Å². The van der Waals surface area contributed by atoms with Crippen molar-refractivity contribution in [1.29, 1.82) is 0 Å². The lowest BCUT2D eigenvalue weighted by Crippen LogP contribution is -2.50. The third-order valence-corrected chi connectivity index (χ3v) is 5.93. The van der Waals surface area contributed by atoms with Crippen LogP contribution in [0.25, 0.3) is 0 Å². The molecule has 7 N–H and O–H groups in total. The van der Waals surface area contributed by atoms with Crippen molar-refractivity contribution in [3.63, 3.8) is 0 Å². The maximum Gasteiger partial charge on any atom is 0.404 e. The fourth-order valence-electron chi connectivity index (χ4n) is 3.94. The van der Waals surface area contributed by atoms with Gasteiger partial charge in [0.05, 0.1) is 23.9 Å². The molecule has 2 rings (SSSR count). The summed E-state index contributed by atoms with van der Waals surface area (Å²) in [5.41, 5.74) is 5.02. The summed E-state index contributed by atoms with van der Waals surface area (Å²) in [6.45, 7) is 3.72. The highest BCUT2D eigenvalue weighted by Crippen LogP contribution is 2.24. The summed E-state index contributed by atoms with van der Waals surface area (Å²) in [6, 6.07) is -1.85. The number of carbonyl (C=O) groups excluding carboxylic acids is 4. The molecule has 2 aliphatic rings. The Labute approximate surface area is 184 Å². The molecule has 32 heavy (non-hydrogen) atoms. The van der Waals surface area contributed by atoms with Crippen LogP contribution in [0.15, 0.2) is 0 Å². The molecule has 0 spiro atoms. The number of nitrogens with one attached hydrogen (secondary N) is 2. The molecule has 13 heteroatoms. The van der Waals surface area contributed by atoms with Gasteiger partial charge in [0.2, 0.25) is 17.7 Å². The minimum absolute atomic E-state index is 0.101. The van der Waals surface area contributed by atoms with Crippen LogP contribution in [0.1, 0.15) is 26.7 Å². The van der Waals surface area contributed by atoms with Gasteiger partial charge in [-0.15, -0.1) is 0 Å². The summed E-state index contributed by atoms with van der Waals surface area (Å²) >= 11 is 0. The zero-order valence-electron chi connectivity index (χ0n) is 18.1. The molecule has 6 atom stereocenters. The molecule has 0 bridgehead atoms. The predicted molar refractivity (Wildman–Crippen MR) is 109 cm³/mol. The topological polar surface area (TPSA) is 203 Å². The molecule has 13 nitrogen and oxygen atoms in total. The summed E-state index contributed by atoms with van der Waals surface area (Å²) in [5, 5.41) is 33.0. The standard InChI is InChI=1S/C19H31N5O8/c1-9(13(25)15(20)27)21-16(28)11-3-5-23(7-11)17(29)12-4-6-24(8-12)18(30)14(26)10(2)22-19(31)32/h9-14,22,25-26H,3-8H2,1-2H3,(H2,20,27)(H,21,28)(H,31,32)/t9-,10-,11+,12-,13+,14+/m0/s1. The van der Waals surface area contributed by atoms with Gasteiger partial charge in [-0.1, -0.05) is 0 Å². The minimum Gasteiger partial charge on any atom is -0.465 e. The molecule has 0 saturated carbocycles. The fourth-order valence-corrected chi connectivity index (χ4v) is 3.94. The Morgan fingerprint density at radius 3 is 2.00 bits per heavy atom. The molecule has 2 aliphatic heterocycles. The normalized spacial score (nSPS) is 24.4. The molecule has 2 heterocycles. The van der Waals surface area contributed by atoms with E-state index < -0.39 is 54.0 Å². The first-order chi connectivity index (χ1) is 14.9. The number of rotatable bonds is 8. The van der Waals surface area contributed by atoms with Gasteiger partial charge in [-0.25, -0.2) is 4.79 Å². The van der Waals surface area contributed by atoms with Crippen molar-refractivity contribution in [3.8, 4) is 0 Å². The minimum atomic E-state index is -1.56. The fraction of sp³-hybridized carbons (Fsp3) is 0.737. The molecule has 0 aromatic rings. The molecular formula is C19H31N5O8. The average Bonchev–Trinajstić information content (AvgIpc) is 3.40. The number of nitrogens with two attached hydrogens (primary N) is 1. The van der Waals surface area contributed by atoms with Gasteiger partial charge in [0.15, 0.2) is 12.2 Å². The van der Waals surface area contributed by atoms with Crippen molar-refractivity contribution in [2.24, 2.45) is 17.6 Å². The molecule has 0 unspecified atom stereocenters. The first kappa shape index (κ1) is 25.3. The van der Waals surface area contributed by atoms with E-state index >= 15 is 0 Å². The Kier molecular flexibility index (Phi) is 8.38. The second kappa shape index (κ2) is 10.6. The lowest BCUT2D eigenvalue weighted by Gasteiger charge is -2.25. The first-order valence-corrected chi connectivity index (χ1v) is 10.4. The smallest absolute Gasteiger partial charge is 0.404 e. The van der Waals surface area contributed by atoms with Crippen molar-refractivity contribution >= 4 is 29.7 Å². The second-order valence-corrected chi connectivity index (χ2v) is 8.37. The van der Waals surface area contributed by atoms with Crippen LogP contribution >= 0.6 is 0 Å². The Balaban J connectivity index is 1.86. The van der Waals surface area contributed by atoms with Crippen LogP contribution in [0.5, 0.6) is 0 Å². The third-order valence-electron chi connectivity index (χ3n) is 5.93. The summed E-state index contributed by atoms with van der Waals surface area (Å²) in [6.07, 6.45) is -3.61. The number of carboxylic acid groups (broad SMARTS) is 1. The van der Waals surface area contributed by atoms with E-state index in [9.17, 15) is 34.2 Å². The number of carbonyl (C=O) groups is 5. The van der Waals surface area contributed by atoms with E-state index in [1.807, 2.05) is 5.32 Å². The highest BCUT2D eigenvalue weighted by Gasteiger charge is 2.40. The molecule has 0 radical (unpaired) electrons. The first-order valence-electron chi connectivity index (χ1n) is 10.4. The van der Waals surface area contributed by atoms with Crippen LogP contribution in [-0.4, -0.2) is 105 Å². The summed E-state index contributed by atoms with van der Waals surface area (Å²) < 4.78 is 0. The van der Waals surface area contributed by atoms with E-state index in [-0.39, 0.29) is 31.4 Å². The number of nitrogens with zero attached hydrogens (tertiary/aromatic N) is 2. The lowest BCUT2D eigenvalue weighted by atomic mass is 10.1. The van der Waals surface area contributed by atoms with Crippen LogP contribution in [0, 0.1) is 11.8 Å². The largest absolute Gasteiger partial charge is 0.465 e. The Morgan fingerprint density at radius 1 is 0.875 bits per heavy atom. The molecule has 0 aromatic carbocycles. The predicted octanol–water partition coefficient (Wildman–Crippen LogP) is -2.95. The summed E-state index contributed by atoms with van der Waals surface area (Å²) in [4.78, 5) is 62.3. The average molecular weight is 457 g/mol. The van der Waals surface area contributed by atoms with Crippen molar-refractivity contribution in [1.82, 2.24) is 20.4 Å². The van der Waals surface area contributed by atoms with Crippen molar-refractivity contribution in [3.05, 3.63) is 0 Å². The number of aliphatic hydroxyl groups excluding tert-OH is 2. The van der Waals surface area contributed by atoms with E-state index in [2.05, 4.69) is 5.32 Å². The van der Waals surface area contributed by atoms with Gasteiger partial charge in [-0.2, -0.15) is 0 Å². The van der Waals surface area contributed by atoms with E-state index in [0.29, 0.717) is 19.4 Å². The molecule has 0 aliphatic carbocycles. The van der Waals surface area contributed by atoms with Gasteiger partial charge < -0.3 is 41.5 Å². The third kappa shape index (κ3) is 6.07. The summed E-state index contributed by atoms with van der Waals surface area (Å²) in [5.74, 6) is -3.16. The lowest BCUT2D eigenvalue weighted by molar-refractivity contribution is -0.141. The van der Waals surface area contributed by atoms with Crippen molar-refractivity contribution in [2.75, 3.05) is 26.2 Å². The van der Waals surface area contributed by atoms with Crippen LogP contribution in [0.4, 0.5) is 4.79 Å². The van der Waals surface area contributed by atoms with Crippen LogP contribution < -0.4 is 16.4 Å². The molecule has 0 aromatic heterocycles. The van der Waals surface area contributed by atoms with Gasteiger partial charge >= 0.3 is 6.09 Å². The SMILES string of the molecule is C[C@H](NC(=O)[C@@H]1CCN(C(=O)[C@H]2CCN(C(=O)[C@H](O)[C@H](C)NC(=O)O)C2)C1)[C@@H](O)C(N)=O. The molecule has 180 valence electrons. The zero-order chi connectivity index (χ0) is 24.2. The zero-order valence-corrected chi connectivity index (χ0v) is 18.1. The highest BCUT2D eigenvalue weighted by molar-refractivity contribution is 5.86. The highest BCUT2D eigenvalue weighted by atomic mass is 16.4. The van der Waals surface area contributed by atoms with Gasteiger partial charge in [0, 0.05) is 26.2 Å². The monoisotopic (exact) mass is 457 g/mol. The summed E-state index contributed by atoms with van der Waals surface area (Å²) in [7, 11) is 0. The van der Waals surface area contributed by atoms with E-state index in [1.54, 1.807) is 4.90 Å². The molecule has 2 fully saturated rings. The number of hydrogen-bond acceptors (Lipinski definition) is 7. The second-order valence-electron chi connectivity index (χ2n) is 8.37. The van der Waals surface area contributed by atoms with E-state index in [4.69, 9.17) is 10.8 Å².